The molecule has 0 saturated carbocycles. The van der Waals surface area contributed by atoms with Crippen molar-refractivity contribution in [3.8, 4) is 0 Å². The fourth-order valence-corrected chi connectivity index (χ4v) is 1.97. The molecule has 2 heterocycles. The van der Waals surface area contributed by atoms with Crippen LogP contribution in [0.5, 0.6) is 0 Å². The number of hydrogen-bond donors (Lipinski definition) is 1. The molecule has 0 bridgehead atoms. The first-order valence-corrected chi connectivity index (χ1v) is 6.79. The minimum absolute atomic E-state index is 0.149. The van der Waals surface area contributed by atoms with Crippen molar-refractivity contribution in [2.24, 2.45) is 0 Å². The zero-order chi connectivity index (χ0) is 14.4. The molecule has 0 aliphatic carbocycles. The van der Waals surface area contributed by atoms with Crippen molar-refractivity contribution >= 4 is 18.3 Å². The lowest BCUT2D eigenvalue weighted by molar-refractivity contribution is -0.118. The highest BCUT2D eigenvalue weighted by molar-refractivity contribution is 5.93. The SMILES string of the molecule is CCCNC(=O)c1cnc(N2CCN(C=O)CC2)nc1. The van der Waals surface area contributed by atoms with E-state index >= 15 is 0 Å². The van der Waals surface area contributed by atoms with Crippen LogP contribution in [0.3, 0.4) is 0 Å². The van der Waals surface area contributed by atoms with Gasteiger partial charge in [0.05, 0.1) is 5.56 Å². The average molecular weight is 277 g/mol. The van der Waals surface area contributed by atoms with E-state index in [4.69, 9.17) is 0 Å². The number of nitrogens with one attached hydrogen (secondary N) is 1. The zero-order valence-electron chi connectivity index (χ0n) is 11.6. The van der Waals surface area contributed by atoms with Crippen LogP contribution < -0.4 is 10.2 Å². The second kappa shape index (κ2) is 6.83. The maximum Gasteiger partial charge on any atom is 0.254 e. The molecule has 2 rings (SSSR count). The Balaban J connectivity index is 1.94. The van der Waals surface area contributed by atoms with E-state index in [1.54, 1.807) is 17.3 Å². The summed E-state index contributed by atoms with van der Waals surface area (Å²) in [6.45, 7) is 5.41. The number of piperazine rings is 1. The summed E-state index contributed by atoms with van der Waals surface area (Å²) in [5.74, 6) is 0.451. The van der Waals surface area contributed by atoms with Gasteiger partial charge in [0.1, 0.15) is 0 Å². The summed E-state index contributed by atoms with van der Waals surface area (Å²) in [6, 6.07) is 0. The Morgan fingerprint density at radius 1 is 1.30 bits per heavy atom. The van der Waals surface area contributed by atoms with Gasteiger partial charge in [0, 0.05) is 45.1 Å². The molecule has 1 aromatic rings. The molecule has 0 aromatic carbocycles. The predicted molar refractivity (Wildman–Crippen MR) is 74.5 cm³/mol. The van der Waals surface area contributed by atoms with Crippen LogP contribution in [0.25, 0.3) is 0 Å². The lowest BCUT2D eigenvalue weighted by Crippen LogP contribution is -2.46. The molecule has 1 aromatic heterocycles. The average Bonchev–Trinajstić information content (AvgIpc) is 2.53. The Morgan fingerprint density at radius 3 is 2.50 bits per heavy atom. The van der Waals surface area contributed by atoms with E-state index in [2.05, 4.69) is 15.3 Å². The summed E-state index contributed by atoms with van der Waals surface area (Å²) in [4.78, 5) is 34.6. The molecule has 1 aliphatic heterocycles. The van der Waals surface area contributed by atoms with Crippen molar-refractivity contribution < 1.29 is 9.59 Å². The van der Waals surface area contributed by atoms with Crippen molar-refractivity contribution in [3.05, 3.63) is 18.0 Å². The molecule has 0 atom stereocenters. The number of carbonyl (C=O) groups excluding carboxylic acids is 2. The quantitative estimate of drug-likeness (QED) is 0.760. The third kappa shape index (κ3) is 3.43. The second-order valence-corrected chi connectivity index (χ2v) is 4.66. The topological polar surface area (TPSA) is 78.4 Å². The normalized spacial score (nSPS) is 15.1. The maximum absolute atomic E-state index is 11.7. The molecule has 0 spiro atoms. The number of anilines is 1. The van der Waals surface area contributed by atoms with Crippen LogP contribution >= 0.6 is 0 Å². The minimum atomic E-state index is -0.149. The monoisotopic (exact) mass is 277 g/mol. The number of aromatic nitrogens is 2. The Kier molecular flexibility index (Phi) is 4.86. The van der Waals surface area contributed by atoms with Gasteiger partial charge in [-0.3, -0.25) is 9.59 Å². The number of nitrogens with zero attached hydrogens (tertiary/aromatic N) is 4. The molecule has 0 radical (unpaired) electrons. The molecule has 7 nitrogen and oxygen atoms in total. The summed E-state index contributed by atoms with van der Waals surface area (Å²) >= 11 is 0. The minimum Gasteiger partial charge on any atom is -0.352 e. The Hall–Kier alpha value is -2.18. The number of rotatable bonds is 5. The van der Waals surface area contributed by atoms with Gasteiger partial charge in [-0.05, 0) is 6.42 Å². The van der Waals surface area contributed by atoms with E-state index in [1.807, 2.05) is 11.8 Å². The molecular formula is C13H19N5O2. The molecule has 108 valence electrons. The summed E-state index contributed by atoms with van der Waals surface area (Å²) in [7, 11) is 0. The molecule has 1 saturated heterocycles. The maximum atomic E-state index is 11.7. The van der Waals surface area contributed by atoms with Gasteiger partial charge in [-0.1, -0.05) is 6.92 Å². The first-order valence-electron chi connectivity index (χ1n) is 6.79. The van der Waals surface area contributed by atoms with E-state index in [-0.39, 0.29) is 5.91 Å². The molecule has 1 fully saturated rings. The van der Waals surface area contributed by atoms with Gasteiger partial charge in [-0.15, -0.1) is 0 Å². The van der Waals surface area contributed by atoms with Gasteiger partial charge in [-0.2, -0.15) is 0 Å². The Morgan fingerprint density at radius 2 is 1.95 bits per heavy atom. The van der Waals surface area contributed by atoms with Gasteiger partial charge in [0.25, 0.3) is 5.91 Å². The smallest absolute Gasteiger partial charge is 0.254 e. The molecule has 20 heavy (non-hydrogen) atoms. The van der Waals surface area contributed by atoms with Gasteiger partial charge in [0.2, 0.25) is 12.4 Å². The molecular weight excluding hydrogens is 258 g/mol. The summed E-state index contributed by atoms with van der Waals surface area (Å²) in [5.41, 5.74) is 0.466. The zero-order valence-corrected chi connectivity index (χ0v) is 11.6. The molecule has 1 N–H and O–H groups in total. The van der Waals surface area contributed by atoms with Gasteiger partial charge in [-0.25, -0.2) is 9.97 Å². The van der Waals surface area contributed by atoms with Crippen molar-refractivity contribution in [1.82, 2.24) is 20.2 Å². The van der Waals surface area contributed by atoms with Gasteiger partial charge < -0.3 is 15.1 Å². The fraction of sp³-hybridized carbons (Fsp3) is 0.538. The molecule has 1 aliphatic rings. The number of amides is 2. The van der Waals surface area contributed by atoms with Crippen LogP contribution in [0, 0.1) is 0 Å². The number of carbonyl (C=O) groups is 2. The third-order valence-electron chi connectivity index (χ3n) is 3.18. The highest BCUT2D eigenvalue weighted by Crippen LogP contribution is 2.10. The second-order valence-electron chi connectivity index (χ2n) is 4.66. The predicted octanol–water partition coefficient (Wildman–Crippen LogP) is -0.105. The standard InChI is InChI=1S/C13H19N5O2/c1-2-3-14-12(20)11-8-15-13(16-9-11)18-6-4-17(10-19)5-7-18/h8-10H,2-7H2,1H3,(H,14,20). The van der Waals surface area contributed by atoms with Crippen LogP contribution in [0.15, 0.2) is 12.4 Å². The Labute approximate surface area is 118 Å². The Bertz CT molecular complexity index is 454. The summed E-state index contributed by atoms with van der Waals surface area (Å²) in [5, 5.41) is 2.78. The molecule has 2 amide bonds. The van der Waals surface area contributed by atoms with Crippen LogP contribution in [-0.4, -0.2) is 59.9 Å². The first-order chi connectivity index (χ1) is 9.74. The highest BCUT2D eigenvalue weighted by atomic mass is 16.1. The highest BCUT2D eigenvalue weighted by Gasteiger charge is 2.18. The molecule has 7 heteroatoms. The van der Waals surface area contributed by atoms with Crippen LogP contribution in [0.1, 0.15) is 23.7 Å². The lowest BCUT2D eigenvalue weighted by Gasteiger charge is -2.32. The fourth-order valence-electron chi connectivity index (χ4n) is 1.97. The van der Waals surface area contributed by atoms with E-state index in [0.717, 1.165) is 12.8 Å². The van der Waals surface area contributed by atoms with E-state index in [0.29, 0.717) is 44.2 Å². The van der Waals surface area contributed by atoms with Crippen LogP contribution in [0.4, 0.5) is 5.95 Å². The van der Waals surface area contributed by atoms with E-state index < -0.39 is 0 Å². The van der Waals surface area contributed by atoms with Crippen molar-refractivity contribution in [2.75, 3.05) is 37.6 Å². The third-order valence-corrected chi connectivity index (χ3v) is 3.18. The number of hydrogen-bond acceptors (Lipinski definition) is 5. The van der Waals surface area contributed by atoms with Crippen molar-refractivity contribution in [2.45, 2.75) is 13.3 Å². The van der Waals surface area contributed by atoms with E-state index in [1.165, 1.54) is 0 Å². The van der Waals surface area contributed by atoms with Gasteiger partial charge in [0.15, 0.2) is 0 Å². The van der Waals surface area contributed by atoms with Crippen molar-refractivity contribution in [1.29, 1.82) is 0 Å². The van der Waals surface area contributed by atoms with Crippen LogP contribution in [-0.2, 0) is 4.79 Å². The molecule has 0 unspecified atom stereocenters. The first kappa shape index (κ1) is 14.2. The van der Waals surface area contributed by atoms with Crippen molar-refractivity contribution in [3.63, 3.8) is 0 Å². The van der Waals surface area contributed by atoms with E-state index in [9.17, 15) is 9.59 Å². The van der Waals surface area contributed by atoms with Gasteiger partial charge >= 0.3 is 0 Å². The summed E-state index contributed by atoms with van der Waals surface area (Å²) in [6.07, 6.45) is 4.84. The summed E-state index contributed by atoms with van der Waals surface area (Å²) < 4.78 is 0. The largest absolute Gasteiger partial charge is 0.352 e. The van der Waals surface area contributed by atoms with Crippen LogP contribution in [0.2, 0.25) is 0 Å². The lowest BCUT2D eigenvalue weighted by atomic mass is 10.3.